The van der Waals surface area contributed by atoms with Crippen molar-refractivity contribution in [3.63, 3.8) is 0 Å². The van der Waals surface area contributed by atoms with Crippen molar-refractivity contribution in [1.82, 2.24) is 10.4 Å². The first-order chi connectivity index (χ1) is 17.4. The van der Waals surface area contributed by atoms with E-state index in [2.05, 4.69) is 5.43 Å². The molecule has 0 aromatic heterocycles. The zero-order chi connectivity index (χ0) is 29.5. The van der Waals surface area contributed by atoms with Gasteiger partial charge in [-0.15, -0.1) is 0 Å². The Morgan fingerprint density at radius 2 is 1.37 bits per heavy atom. The summed E-state index contributed by atoms with van der Waals surface area (Å²) in [4.78, 5) is 54.0. The fraction of sp³-hybridized carbons (Fsp3) is 0.630. The second-order valence-electron chi connectivity index (χ2n) is 10.7. The second kappa shape index (κ2) is 12.8. The lowest BCUT2D eigenvalue weighted by Gasteiger charge is -2.39. The van der Waals surface area contributed by atoms with Gasteiger partial charge in [0.05, 0.1) is 14.2 Å². The van der Waals surface area contributed by atoms with E-state index in [9.17, 15) is 19.2 Å². The molecule has 11 heteroatoms. The van der Waals surface area contributed by atoms with Gasteiger partial charge in [-0.3, -0.25) is 4.79 Å². The van der Waals surface area contributed by atoms with Crippen molar-refractivity contribution in [3.8, 4) is 11.5 Å². The molecule has 0 aliphatic rings. The number of hydrogen-bond donors (Lipinski definition) is 1. The van der Waals surface area contributed by atoms with Gasteiger partial charge in [-0.2, -0.15) is 5.01 Å². The average molecular weight is 539 g/mol. The summed E-state index contributed by atoms with van der Waals surface area (Å²) in [6.07, 6.45) is -1.85. The summed E-state index contributed by atoms with van der Waals surface area (Å²) in [5.41, 5.74) is -2.13. The molecule has 38 heavy (non-hydrogen) atoms. The molecule has 0 fully saturated rings. The average Bonchev–Trinajstić information content (AvgIpc) is 2.81. The minimum atomic E-state index is -2.40. The maximum Gasteiger partial charge on any atom is 0.430 e. The van der Waals surface area contributed by atoms with Crippen LogP contribution in [0.15, 0.2) is 18.2 Å². The summed E-state index contributed by atoms with van der Waals surface area (Å²) in [7, 11) is 2.83. The Bertz CT molecular complexity index is 1010. The number of carbonyl (C=O) groups excluding carboxylic acids is 4. The highest BCUT2D eigenvalue weighted by Crippen LogP contribution is 2.32. The van der Waals surface area contributed by atoms with E-state index in [0.29, 0.717) is 23.6 Å². The van der Waals surface area contributed by atoms with Crippen LogP contribution in [0.3, 0.4) is 0 Å². The molecular weight excluding hydrogens is 496 g/mol. The number of hydrogen-bond acceptors (Lipinski definition) is 9. The van der Waals surface area contributed by atoms with Gasteiger partial charge >= 0.3 is 18.2 Å². The van der Waals surface area contributed by atoms with E-state index >= 15 is 0 Å². The van der Waals surface area contributed by atoms with Crippen LogP contribution in [0, 0.1) is 0 Å². The van der Waals surface area contributed by atoms with E-state index in [1.165, 1.54) is 39.3 Å². The van der Waals surface area contributed by atoms with Gasteiger partial charge < -0.3 is 23.7 Å². The summed E-state index contributed by atoms with van der Waals surface area (Å²) >= 11 is 0. The highest BCUT2D eigenvalue weighted by Gasteiger charge is 2.54. The Labute approximate surface area is 225 Å². The summed E-state index contributed by atoms with van der Waals surface area (Å²) in [5.74, 6) is -1.36. The number of esters is 1. The smallest absolute Gasteiger partial charge is 0.430 e. The molecule has 1 aromatic rings. The van der Waals surface area contributed by atoms with E-state index in [-0.39, 0.29) is 11.3 Å². The molecule has 0 saturated heterocycles. The van der Waals surface area contributed by atoms with Gasteiger partial charge in [-0.1, -0.05) is 13.8 Å². The highest BCUT2D eigenvalue weighted by atomic mass is 16.6. The third-order valence-corrected chi connectivity index (χ3v) is 5.29. The number of nitrogens with one attached hydrogen (secondary N) is 1. The number of amides is 2. The third-order valence-electron chi connectivity index (χ3n) is 5.29. The molecule has 214 valence electrons. The summed E-state index contributed by atoms with van der Waals surface area (Å²) in [6, 6.07) is 4.26. The maximum atomic E-state index is 14.1. The van der Waals surface area contributed by atoms with Crippen LogP contribution in [0.5, 0.6) is 11.5 Å². The Balaban J connectivity index is 3.80. The fourth-order valence-electron chi connectivity index (χ4n) is 3.31. The molecule has 1 N–H and O–H groups in total. The summed E-state index contributed by atoms with van der Waals surface area (Å²) in [5, 5.41) is 0.524. The first kappa shape index (κ1) is 32.5. The topological polar surface area (TPSA) is 130 Å². The zero-order valence-electron chi connectivity index (χ0n) is 24.3. The van der Waals surface area contributed by atoms with Crippen molar-refractivity contribution >= 4 is 23.9 Å². The molecule has 0 saturated carbocycles. The molecule has 0 aliphatic carbocycles. The molecule has 0 heterocycles. The third kappa shape index (κ3) is 8.53. The normalized spacial score (nSPS) is 13.2. The molecule has 1 atom stereocenters. The van der Waals surface area contributed by atoms with E-state index < -0.39 is 46.8 Å². The van der Waals surface area contributed by atoms with Crippen LogP contribution in [-0.2, 0) is 19.0 Å². The van der Waals surface area contributed by atoms with Crippen LogP contribution >= 0.6 is 0 Å². The van der Waals surface area contributed by atoms with Crippen molar-refractivity contribution in [2.45, 2.75) is 98.0 Å². The number of ether oxygens (including phenoxy) is 5. The summed E-state index contributed by atoms with van der Waals surface area (Å²) < 4.78 is 27.0. The largest absolute Gasteiger partial charge is 0.493 e. The van der Waals surface area contributed by atoms with Crippen molar-refractivity contribution in [1.29, 1.82) is 0 Å². The fourth-order valence-corrected chi connectivity index (χ4v) is 3.31. The molecule has 0 spiro atoms. The number of carbonyl (C=O) groups is 4. The SMILES string of the molecule is CCC(CC)OC(=O)[C@](C)(C(=O)c1ccc(OC)c(OC)c1)N(NC(=O)OC(C)(C)C)C(=O)OC(C)(C)C. The quantitative estimate of drug-likeness (QED) is 0.151. The molecular formula is C27H42N2O9. The van der Waals surface area contributed by atoms with E-state index in [1.54, 1.807) is 41.5 Å². The maximum absolute atomic E-state index is 14.1. The molecule has 0 unspecified atom stereocenters. The lowest BCUT2D eigenvalue weighted by atomic mass is 9.90. The zero-order valence-corrected chi connectivity index (χ0v) is 24.3. The Morgan fingerprint density at radius 1 is 0.842 bits per heavy atom. The van der Waals surface area contributed by atoms with Crippen molar-refractivity contribution in [2.24, 2.45) is 0 Å². The van der Waals surface area contributed by atoms with Crippen LogP contribution in [0.25, 0.3) is 0 Å². The molecule has 0 bridgehead atoms. The van der Waals surface area contributed by atoms with Gasteiger partial charge in [0.1, 0.15) is 17.3 Å². The van der Waals surface area contributed by atoms with Crippen molar-refractivity contribution in [3.05, 3.63) is 23.8 Å². The van der Waals surface area contributed by atoms with Crippen LogP contribution in [0.4, 0.5) is 9.59 Å². The van der Waals surface area contributed by atoms with E-state index in [1.807, 2.05) is 13.8 Å². The first-order valence-corrected chi connectivity index (χ1v) is 12.4. The van der Waals surface area contributed by atoms with Crippen molar-refractivity contribution < 1.29 is 42.9 Å². The van der Waals surface area contributed by atoms with Crippen LogP contribution < -0.4 is 14.9 Å². The standard InChI is InChI=1S/C27H42N2O9/c1-12-18(13-2)36-22(31)27(9,21(30)17-14-15-19(34-10)20(16-17)35-11)29(24(33)38-26(6,7)8)28-23(32)37-25(3,4)5/h14-16,18H,12-13H2,1-11H3,(H,28,32)/t27-/m0/s1. The van der Waals surface area contributed by atoms with Crippen LogP contribution in [0.1, 0.15) is 85.5 Å². The Kier molecular flexibility index (Phi) is 11.0. The van der Waals surface area contributed by atoms with Crippen molar-refractivity contribution in [2.75, 3.05) is 14.2 Å². The second-order valence-corrected chi connectivity index (χ2v) is 10.7. The van der Waals surface area contributed by atoms with Gasteiger partial charge in [0, 0.05) is 5.56 Å². The summed E-state index contributed by atoms with van der Waals surface area (Å²) in [6.45, 7) is 14.5. The first-order valence-electron chi connectivity index (χ1n) is 12.4. The van der Waals surface area contributed by atoms with E-state index in [0.717, 1.165) is 0 Å². The predicted molar refractivity (Wildman–Crippen MR) is 140 cm³/mol. The monoisotopic (exact) mass is 538 g/mol. The highest BCUT2D eigenvalue weighted by molar-refractivity contribution is 6.17. The Morgan fingerprint density at radius 3 is 1.82 bits per heavy atom. The van der Waals surface area contributed by atoms with Gasteiger partial charge in [-0.05, 0) is 79.5 Å². The van der Waals surface area contributed by atoms with Gasteiger partial charge in [0.25, 0.3) is 0 Å². The molecule has 1 aromatic carbocycles. The van der Waals surface area contributed by atoms with Gasteiger partial charge in [0.2, 0.25) is 11.3 Å². The number of rotatable bonds is 9. The predicted octanol–water partition coefficient (Wildman–Crippen LogP) is 5.05. The molecule has 0 aliphatic heterocycles. The lowest BCUT2D eigenvalue weighted by molar-refractivity contribution is -0.161. The number of ketones is 1. The number of Topliss-reactive ketones (excluding diaryl/α,β-unsaturated/α-hetero) is 1. The van der Waals surface area contributed by atoms with Gasteiger partial charge in [0.15, 0.2) is 11.5 Å². The lowest BCUT2D eigenvalue weighted by Crippen LogP contribution is -2.67. The minimum Gasteiger partial charge on any atom is -0.493 e. The Hall–Kier alpha value is -3.50. The number of benzene rings is 1. The molecule has 11 nitrogen and oxygen atoms in total. The molecule has 1 rings (SSSR count). The van der Waals surface area contributed by atoms with Crippen LogP contribution in [0.2, 0.25) is 0 Å². The molecule has 2 amide bonds. The number of hydrazine groups is 1. The molecule has 0 radical (unpaired) electrons. The van der Waals surface area contributed by atoms with Gasteiger partial charge in [-0.25, -0.2) is 19.8 Å². The van der Waals surface area contributed by atoms with E-state index in [4.69, 9.17) is 23.7 Å². The number of methoxy groups -OCH3 is 2. The van der Waals surface area contributed by atoms with Crippen LogP contribution in [-0.4, -0.2) is 66.0 Å². The number of nitrogens with zero attached hydrogens (tertiary/aromatic N) is 1. The minimum absolute atomic E-state index is 0.00815.